The summed E-state index contributed by atoms with van der Waals surface area (Å²) in [7, 11) is 2.97. The predicted molar refractivity (Wildman–Crippen MR) is 70.8 cm³/mol. The van der Waals surface area contributed by atoms with E-state index in [1.54, 1.807) is 0 Å². The quantitative estimate of drug-likeness (QED) is 0.608. The zero-order chi connectivity index (χ0) is 15.7. The molecule has 0 atom stereocenters. The van der Waals surface area contributed by atoms with Crippen LogP contribution in [-0.4, -0.2) is 30.9 Å². The van der Waals surface area contributed by atoms with Crippen LogP contribution in [-0.2, 0) is 10.9 Å². The summed E-state index contributed by atoms with van der Waals surface area (Å²) in [6, 6.07) is 1.70. The van der Waals surface area contributed by atoms with Gasteiger partial charge in [0.15, 0.2) is 0 Å². The third-order valence-electron chi connectivity index (χ3n) is 2.22. The van der Waals surface area contributed by atoms with Crippen LogP contribution in [0.25, 0.3) is 0 Å². The Kier molecular flexibility index (Phi) is 4.88. The Morgan fingerprint density at radius 2 is 1.75 bits per heavy atom. The van der Waals surface area contributed by atoms with Gasteiger partial charge in [-0.2, -0.15) is 13.2 Å². The molecular formula is C11H10Cl2F3N3O. The Morgan fingerprint density at radius 1 is 1.20 bits per heavy atom. The summed E-state index contributed by atoms with van der Waals surface area (Å²) < 4.78 is 43.2. The molecule has 0 spiro atoms. The van der Waals surface area contributed by atoms with E-state index in [2.05, 4.69) is 0 Å². The number of hydrogen-bond acceptors (Lipinski definition) is 3. The van der Waals surface area contributed by atoms with Crippen LogP contribution in [0.2, 0.25) is 10.0 Å². The lowest BCUT2D eigenvalue weighted by Gasteiger charge is -2.17. The van der Waals surface area contributed by atoms with Crippen molar-refractivity contribution in [2.24, 2.45) is 0 Å². The second kappa shape index (κ2) is 5.88. The van der Waals surface area contributed by atoms with Gasteiger partial charge in [-0.3, -0.25) is 10.8 Å². The van der Waals surface area contributed by atoms with Crippen molar-refractivity contribution in [3.63, 3.8) is 0 Å². The summed E-state index contributed by atoms with van der Waals surface area (Å²) in [6.07, 6.45) is -4.75. The molecule has 0 bridgehead atoms. The van der Waals surface area contributed by atoms with Crippen molar-refractivity contribution in [2.75, 3.05) is 14.1 Å². The van der Waals surface area contributed by atoms with Crippen molar-refractivity contribution in [1.82, 2.24) is 4.90 Å². The van der Waals surface area contributed by atoms with Crippen LogP contribution in [0.15, 0.2) is 12.1 Å². The van der Waals surface area contributed by atoms with Crippen molar-refractivity contribution in [3.8, 4) is 0 Å². The fraction of sp³-hybridized carbons (Fsp3) is 0.273. The Morgan fingerprint density at radius 3 is 2.20 bits per heavy atom. The maximum absolute atomic E-state index is 12.8. The molecule has 110 valence electrons. The van der Waals surface area contributed by atoms with Crippen molar-refractivity contribution >= 4 is 35.1 Å². The molecular weight excluding hydrogens is 318 g/mol. The van der Waals surface area contributed by atoms with E-state index in [1.165, 1.54) is 19.0 Å². The number of nitrogens with zero attached hydrogens (tertiary/aromatic N) is 1. The van der Waals surface area contributed by atoms with E-state index < -0.39 is 33.7 Å². The number of halogens is 5. The van der Waals surface area contributed by atoms with Crippen molar-refractivity contribution in [1.29, 1.82) is 10.8 Å². The smallest absolute Gasteiger partial charge is 0.407 e. The van der Waals surface area contributed by atoms with Gasteiger partial charge in [-0.1, -0.05) is 23.2 Å². The molecule has 0 amide bonds. The summed E-state index contributed by atoms with van der Waals surface area (Å²) in [6.45, 7) is 0. The van der Waals surface area contributed by atoms with Crippen LogP contribution in [0.5, 0.6) is 0 Å². The van der Waals surface area contributed by atoms with Crippen molar-refractivity contribution in [2.45, 2.75) is 6.18 Å². The minimum atomic E-state index is -4.75. The third kappa shape index (κ3) is 3.55. The topological polar surface area (TPSA) is 60.2 Å². The maximum atomic E-state index is 12.8. The Balaban J connectivity index is 3.22. The first-order valence-corrected chi connectivity index (χ1v) is 5.89. The van der Waals surface area contributed by atoms with E-state index in [0.717, 1.165) is 12.1 Å². The molecule has 4 nitrogen and oxygen atoms in total. The highest BCUT2D eigenvalue weighted by molar-refractivity contribution is 6.38. The van der Waals surface area contributed by atoms with Gasteiger partial charge in [-0.25, -0.2) is 0 Å². The lowest BCUT2D eigenvalue weighted by Crippen LogP contribution is -2.26. The summed E-state index contributed by atoms with van der Waals surface area (Å²) in [5.74, 6) is -0.670. The fourth-order valence-corrected chi connectivity index (χ4v) is 1.90. The highest BCUT2D eigenvalue weighted by Crippen LogP contribution is 2.41. The zero-order valence-corrected chi connectivity index (χ0v) is 11.9. The third-order valence-corrected chi connectivity index (χ3v) is 2.93. The number of benzene rings is 1. The molecule has 1 rings (SSSR count). The van der Waals surface area contributed by atoms with Gasteiger partial charge in [0, 0.05) is 14.1 Å². The highest BCUT2D eigenvalue weighted by atomic mass is 35.5. The average Bonchev–Trinajstić information content (AvgIpc) is 2.26. The molecule has 0 saturated heterocycles. The molecule has 1 aromatic rings. The molecule has 0 saturated carbocycles. The maximum Gasteiger partial charge on any atom is 0.419 e. The van der Waals surface area contributed by atoms with E-state index in [9.17, 15) is 13.2 Å². The van der Waals surface area contributed by atoms with Crippen molar-refractivity contribution < 1.29 is 17.9 Å². The molecule has 0 aliphatic heterocycles. The van der Waals surface area contributed by atoms with Gasteiger partial charge < -0.3 is 9.64 Å². The Labute approximate surface area is 123 Å². The van der Waals surface area contributed by atoms with Crippen LogP contribution >= 0.6 is 23.2 Å². The van der Waals surface area contributed by atoms with Crippen LogP contribution in [0.3, 0.4) is 0 Å². The molecule has 0 unspecified atom stereocenters. The lowest BCUT2D eigenvalue weighted by atomic mass is 10.1. The largest absolute Gasteiger partial charge is 0.419 e. The molecule has 2 N–H and O–H groups in total. The van der Waals surface area contributed by atoms with Gasteiger partial charge in [-0.05, 0) is 12.1 Å². The fourth-order valence-electron chi connectivity index (χ4n) is 1.23. The van der Waals surface area contributed by atoms with Crippen LogP contribution < -0.4 is 0 Å². The first-order chi connectivity index (χ1) is 9.05. The molecule has 1 aromatic carbocycles. The number of nitrogens with one attached hydrogen (secondary N) is 2. The minimum absolute atomic E-state index is 0.296. The monoisotopic (exact) mass is 327 g/mol. The van der Waals surface area contributed by atoms with Gasteiger partial charge in [0.2, 0.25) is 5.90 Å². The number of amidine groups is 1. The second-order valence-electron chi connectivity index (χ2n) is 3.91. The van der Waals surface area contributed by atoms with Gasteiger partial charge >= 0.3 is 6.18 Å². The molecule has 20 heavy (non-hydrogen) atoms. The van der Waals surface area contributed by atoms with Gasteiger partial charge in [0.05, 0.1) is 21.2 Å². The number of rotatable bonds is 1. The average molecular weight is 328 g/mol. The summed E-state index contributed by atoms with van der Waals surface area (Å²) in [5, 5.41) is 13.7. The van der Waals surface area contributed by atoms with Gasteiger partial charge in [-0.15, -0.1) is 0 Å². The van der Waals surface area contributed by atoms with E-state index in [4.69, 9.17) is 38.8 Å². The van der Waals surface area contributed by atoms with Gasteiger partial charge in [0.25, 0.3) is 6.02 Å². The van der Waals surface area contributed by atoms with Gasteiger partial charge in [0.1, 0.15) is 0 Å². The first-order valence-electron chi connectivity index (χ1n) is 5.13. The number of ether oxygens (including phenoxy) is 1. The molecule has 0 aromatic heterocycles. The van der Waals surface area contributed by atoms with E-state index in [-0.39, 0.29) is 5.56 Å². The lowest BCUT2D eigenvalue weighted by molar-refractivity contribution is -0.137. The van der Waals surface area contributed by atoms with E-state index in [1.807, 2.05) is 0 Å². The standard InChI is InChI=1S/C11H10Cl2F3N3O/c1-19(2)10(18)20-9(17)5-3-4-6(12)7(8(5)13)11(14,15)16/h3-4,17-18H,1-2H3. The van der Waals surface area contributed by atoms with Crippen LogP contribution in [0.1, 0.15) is 11.1 Å². The number of hydrogen-bond donors (Lipinski definition) is 2. The van der Waals surface area contributed by atoms with Crippen LogP contribution in [0.4, 0.5) is 13.2 Å². The summed E-state index contributed by atoms with van der Waals surface area (Å²) >= 11 is 11.1. The van der Waals surface area contributed by atoms with Crippen molar-refractivity contribution in [3.05, 3.63) is 33.3 Å². The summed E-state index contributed by atoms with van der Waals surface area (Å²) in [4.78, 5) is 1.24. The molecule has 0 aliphatic carbocycles. The SMILES string of the molecule is CN(C)C(=N)OC(=N)c1ccc(Cl)c(C(F)(F)F)c1Cl. The Bertz CT molecular complexity index is 559. The highest BCUT2D eigenvalue weighted by Gasteiger charge is 2.37. The molecule has 0 heterocycles. The summed E-state index contributed by atoms with van der Waals surface area (Å²) in [5.41, 5.74) is -1.53. The Hall–Kier alpha value is -1.47. The molecule has 9 heteroatoms. The van der Waals surface area contributed by atoms with E-state index >= 15 is 0 Å². The molecule has 0 aliphatic rings. The van der Waals surface area contributed by atoms with Crippen LogP contribution in [0, 0.1) is 10.8 Å². The minimum Gasteiger partial charge on any atom is -0.407 e. The van der Waals surface area contributed by atoms with E-state index in [0.29, 0.717) is 0 Å². The second-order valence-corrected chi connectivity index (χ2v) is 4.70. The predicted octanol–water partition coefficient (Wildman–Crippen LogP) is 3.85. The molecule has 0 radical (unpaired) electrons. The normalized spacial score (nSPS) is 11.2. The zero-order valence-electron chi connectivity index (χ0n) is 10.4. The molecule has 0 fully saturated rings. The number of alkyl halides is 3. The first kappa shape index (κ1) is 16.6.